The van der Waals surface area contributed by atoms with E-state index in [4.69, 9.17) is 4.74 Å². The quantitative estimate of drug-likeness (QED) is 0.344. The highest BCUT2D eigenvalue weighted by Gasteiger charge is 2.12. The van der Waals surface area contributed by atoms with Gasteiger partial charge in [-0.15, -0.1) is 0 Å². The summed E-state index contributed by atoms with van der Waals surface area (Å²) in [5, 5.41) is 0. The number of ether oxygens (including phenoxy) is 1. The summed E-state index contributed by atoms with van der Waals surface area (Å²) in [5.41, 5.74) is 1.41. The average molecular weight is 405 g/mol. The number of H-pyrrole nitrogens is 3. The molecule has 9 heteroatoms. The van der Waals surface area contributed by atoms with Crippen molar-refractivity contribution in [1.29, 1.82) is 0 Å². The lowest BCUT2D eigenvalue weighted by molar-refractivity contribution is 0.0735. The molecule has 9 nitrogen and oxygen atoms in total. The highest BCUT2D eigenvalue weighted by atomic mass is 16.5. The molecule has 2 heterocycles. The summed E-state index contributed by atoms with van der Waals surface area (Å²) in [6, 6.07) is 13.9. The molecule has 4 rings (SSSR count). The highest BCUT2D eigenvalue weighted by molar-refractivity contribution is 5.91. The molecular weight excluding hydrogens is 386 g/mol. The van der Waals surface area contributed by atoms with E-state index in [9.17, 15) is 14.4 Å². The van der Waals surface area contributed by atoms with Crippen molar-refractivity contribution in [3.05, 3.63) is 80.5 Å². The van der Waals surface area contributed by atoms with Crippen LogP contribution in [-0.2, 0) is 6.54 Å². The van der Waals surface area contributed by atoms with E-state index in [0.717, 1.165) is 12.1 Å². The zero-order valence-corrected chi connectivity index (χ0v) is 16.4. The molecule has 30 heavy (non-hydrogen) atoms. The molecule has 0 amide bonds. The second kappa shape index (κ2) is 7.80. The fourth-order valence-electron chi connectivity index (χ4n) is 3.03. The monoisotopic (exact) mass is 405 g/mol. The SMILES string of the molecule is CN(C)Cc1ccc(C(=O)Oc2ccc(-c3nc4[nH]c(=O)[nH]c(=O)c4[nH]3)cc2)cc1. The maximum Gasteiger partial charge on any atom is 0.343 e. The third kappa shape index (κ3) is 4.06. The summed E-state index contributed by atoms with van der Waals surface area (Å²) in [6.45, 7) is 0.790. The van der Waals surface area contributed by atoms with Crippen molar-refractivity contribution in [2.45, 2.75) is 6.54 Å². The van der Waals surface area contributed by atoms with Gasteiger partial charge in [-0.2, -0.15) is 0 Å². The Balaban J connectivity index is 1.50. The Morgan fingerprint density at radius 2 is 1.67 bits per heavy atom. The van der Waals surface area contributed by atoms with E-state index in [0.29, 0.717) is 22.7 Å². The van der Waals surface area contributed by atoms with Crippen LogP contribution < -0.4 is 16.0 Å². The second-order valence-corrected chi connectivity index (χ2v) is 7.07. The van der Waals surface area contributed by atoms with Crippen molar-refractivity contribution < 1.29 is 9.53 Å². The summed E-state index contributed by atoms with van der Waals surface area (Å²) >= 11 is 0. The maximum absolute atomic E-state index is 12.4. The Kier molecular flexibility index (Phi) is 5.03. The normalized spacial score (nSPS) is 11.2. The van der Waals surface area contributed by atoms with Gasteiger partial charge in [0.05, 0.1) is 5.56 Å². The maximum atomic E-state index is 12.4. The van der Waals surface area contributed by atoms with Crippen molar-refractivity contribution in [1.82, 2.24) is 24.8 Å². The van der Waals surface area contributed by atoms with Gasteiger partial charge in [0.25, 0.3) is 5.56 Å². The van der Waals surface area contributed by atoms with Crippen molar-refractivity contribution in [2.75, 3.05) is 14.1 Å². The number of benzene rings is 2. The number of nitrogens with one attached hydrogen (secondary N) is 3. The predicted octanol–water partition coefficient (Wildman–Crippen LogP) is 1.89. The molecule has 3 N–H and O–H groups in total. The fourth-order valence-corrected chi connectivity index (χ4v) is 3.03. The number of aromatic amines is 3. The molecule has 0 unspecified atom stereocenters. The summed E-state index contributed by atoms with van der Waals surface area (Å²) < 4.78 is 5.42. The zero-order valence-electron chi connectivity index (χ0n) is 16.4. The number of fused-ring (bicyclic) bond motifs is 1. The first kappa shape index (κ1) is 19.3. The van der Waals surface area contributed by atoms with E-state index in [1.807, 2.05) is 31.1 Å². The van der Waals surface area contributed by atoms with Gasteiger partial charge < -0.3 is 14.6 Å². The Bertz CT molecular complexity index is 1310. The van der Waals surface area contributed by atoms with Crippen LogP contribution in [0.15, 0.2) is 58.1 Å². The number of imidazole rings is 1. The number of aromatic nitrogens is 4. The zero-order chi connectivity index (χ0) is 21.3. The van der Waals surface area contributed by atoms with Crippen LogP contribution in [0, 0.1) is 0 Å². The van der Waals surface area contributed by atoms with Gasteiger partial charge in [-0.05, 0) is 56.1 Å². The van der Waals surface area contributed by atoms with Gasteiger partial charge in [-0.25, -0.2) is 14.6 Å². The van der Waals surface area contributed by atoms with E-state index >= 15 is 0 Å². The van der Waals surface area contributed by atoms with Crippen molar-refractivity contribution in [3.8, 4) is 17.1 Å². The number of nitrogens with zero attached hydrogens (tertiary/aromatic N) is 2. The second-order valence-electron chi connectivity index (χ2n) is 7.07. The molecular formula is C21H19N5O4. The first-order chi connectivity index (χ1) is 14.4. The molecule has 0 aliphatic heterocycles. The third-order valence-electron chi connectivity index (χ3n) is 4.42. The number of rotatable bonds is 5. The summed E-state index contributed by atoms with van der Waals surface area (Å²) in [5.74, 6) is 0.335. The molecule has 0 fully saturated rings. The summed E-state index contributed by atoms with van der Waals surface area (Å²) in [4.78, 5) is 49.3. The molecule has 0 bridgehead atoms. The van der Waals surface area contributed by atoms with Crippen LogP contribution in [0.3, 0.4) is 0 Å². The number of hydrogen-bond acceptors (Lipinski definition) is 6. The standard InChI is InChI=1S/C21H19N5O4/c1-26(2)11-12-3-5-14(6-4-12)20(28)30-15-9-7-13(8-10-15)17-22-16-18(23-17)24-21(29)25-19(16)27/h3-10H,11H2,1-2H3,(H3,22,23,24,25,27,29). The number of carbonyl (C=O) groups is 1. The van der Waals surface area contributed by atoms with Crippen LogP contribution in [0.5, 0.6) is 5.75 Å². The Morgan fingerprint density at radius 1 is 0.967 bits per heavy atom. The molecule has 152 valence electrons. The minimum atomic E-state index is -0.623. The van der Waals surface area contributed by atoms with Crippen molar-refractivity contribution in [2.24, 2.45) is 0 Å². The largest absolute Gasteiger partial charge is 0.423 e. The van der Waals surface area contributed by atoms with Gasteiger partial charge in [0.15, 0.2) is 5.65 Å². The molecule has 0 radical (unpaired) electrons. The molecule has 2 aromatic carbocycles. The Hall–Kier alpha value is -3.98. The third-order valence-corrected chi connectivity index (χ3v) is 4.42. The van der Waals surface area contributed by atoms with Crippen molar-refractivity contribution in [3.63, 3.8) is 0 Å². The van der Waals surface area contributed by atoms with Crippen LogP contribution in [-0.4, -0.2) is 44.9 Å². The lowest BCUT2D eigenvalue weighted by atomic mass is 10.1. The molecule has 0 spiro atoms. The van der Waals surface area contributed by atoms with Crippen LogP contribution in [0.2, 0.25) is 0 Å². The Labute approximate surface area is 170 Å². The molecule has 0 saturated heterocycles. The first-order valence-corrected chi connectivity index (χ1v) is 9.17. The number of esters is 1. The molecule has 0 atom stereocenters. The predicted molar refractivity (Wildman–Crippen MR) is 112 cm³/mol. The number of hydrogen-bond donors (Lipinski definition) is 3. The number of carbonyl (C=O) groups excluding carboxylic acids is 1. The van der Waals surface area contributed by atoms with Gasteiger partial charge in [0, 0.05) is 12.1 Å². The molecule has 0 aliphatic carbocycles. The molecule has 0 saturated carbocycles. The minimum absolute atomic E-state index is 0.173. The van der Waals surface area contributed by atoms with E-state index < -0.39 is 17.2 Å². The van der Waals surface area contributed by atoms with Crippen LogP contribution in [0.1, 0.15) is 15.9 Å². The molecule has 4 aromatic rings. The molecule has 0 aliphatic rings. The van der Waals surface area contributed by atoms with E-state index in [-0.39, 0.29) is 11.2 Å². The van der Waals surface area contributed by atoms with E-state index in [1.54, 1.807) is 36.4 Å². The van der Waals surface area contributed by atoms with Crippen LogP contribution in [0.4, 0.5) is 0 Å². The van der Waals surface area contributed by atoms with Gasteiger partial charge >= 0.3 is 11.7 Å². The van der Waals surface area contributed by atoms with Gasteiger partial charge in [-0.3, -0.25) is 14.8 Å². The van der Waals surface area contributed by atoms with Crippen LogP contribution in [0.25, 0.3) is 22.6 Å². The highest BCUT2D eigenvalue weighted by Crippen LogP contribution is 2.22. The smallest absolute Gasteiger partial charge is 0.343 e. The van der Waals surface area contributed by atoms with Crippen LogP contribution >= 0.6 is 0 Å². The lowest BCUT2D eigenvalue weighted by Crippen LogP contribution is -2.21. The molecule has 2 aromatic heterocycles. The minimum Gasteiger partial charge on any atom is -0.423 e. The van der Waals surface area contributed by atoms with Gasteiger partial charge in [0.1, 0.15) is 17.1 Å². The van der Waals surface area contributed by atoms with Gasteiger partial charge in [-0.1, -0.05) is 12.1 Å². The first-order valence-electron chi connectivity index (χ1n) is 9.17. The Morgan fingerprint density at radius 3 is 2.33 bits per heavy atom. The summed E-state index contributed by atoms with van der Waals surface area (Å²) in [7, 11) is 3.96. The fraction of sp³-hybridized carbons (Fsp3) is 0.143. The lowest BCUT2D eigenvalue weighted by Gasteiger charge is -2.10. The summed E-state index contributed by atoms with van der Waals surface area (Å²) in [6.07, 6.45) is 0. The van der Waals surface area contributed by atoms with E-state index in [2.05, 4.69) is 19.9 Å². The van der Waals surface area contributed by atoms with Gasteiger partial charge in [0.2, 0.25) is 0 Å². The van der Waals surface area contributed by atoms with Crippen molar-refractivity contribution >= 4 is 17.1 Å². The topological polar surface area (TPSA) is 124 Å². The van der Waals surface area contributed by atoms with E-state index in [1.165, 1.54) is 0 Å². The average Bonchev–Trinajstić information content (AvgIpc) is 3.13.